The van der Waals surface area contributed by atoms with Crippen molar-refractivity contribution in [3.05, 3.63) is 41.5 Å². The van der Waals surface area contributed by atoms with Crippen LogP contribution in [0.3, 0.4) is 0 Å². The number of aryl methyl sites for hydroxylation is 1. The van der Waals surface area contributed by atoms with Crippen molar-refractivity contribution in [1.29, 1.82) is 0 Å². The van der Waals surface area contributed by atoms with E-state index in [1.807, 2.05) is 6.92 Å². The first kappa shape index (κ1) is 14.2. The van der Waals surface area contributed by atoms with Gasteiger partial charge in [0.1, 0.15) is 17.2 Å². The smallest absolute Gasteiger partial charge is 0.163 e. The summed E-state index contributed by atoms with van der Waals surface area (Å²) in [6.45, 7) is 3.29. The first-order valence-electron chi connectivity index (χ1n) is 7.08. The maximum absolute atomic E-state index is 11.8. The number of rotatable bonds is 2. The average molecular weight is 296 g/mol. The Bertz CT molecular complexity index is 926. The van der Waals surface area contributed by atoms with Crippen molar-refractivity contribution in [2.24, 2.45) is 0 Å². The quantitative estimate of drug-likeness (QED) is 0.495. The molecule has 0 unspecified atom stereocenters. The van der Waals surface area contributed by atoms with E-state index in [0.717, 1.165) is 5.56 Å². The minimum Gasteiger partial charge on any atom is -0.507 e. The number of carbonyl (C=O) groups excluding carboxylic acids is 1. The Hall–Kier alpha value is -2.75. The number of Topliss-reactive ketones (excluding diaryl/α,β-unsaturated/α-hetero) is 1. The van der Waals surface area contributed by atoms with Crippen LogP contribution >= 0.6 is 0 Å². The Balaban J connectivity index is 2.57. The van der Waals surface area contributed by atoms with Crippen LogP contribution in [0.2, 0.25) is 0 Å². The fourth-order valence-electron chi connectivity index (χ4n) is 3.01. The summed E-state index contributed by atoms with van der Waals surface area (Å²) in [6, 6.07) is 8.52. The van der Waals surface area contributed by atoms with Crippen LogP contribution in [-0.4, -0.2) is 21.1 Å². The Morgan fingerprint density at radius 1 is 1.00 bits per heavy atom. The highest BCUT2D eigenvalue weighted by Gasteiger charge is 2.20. The second-order valence-corrected chi connectivity index (χ2v) is 5.37. The summed E-state index contributed by atoms with van der Waals surface area (Å²) in [7, 11) is 0. The summed E-state index contributed by atoms with van der Waals surface area (Å²) in [5, 5.41) is 32.7. The number of hydrogen-bond donors (Lipinski definition) is 3. The fraction of sp³-hybridized carbons (Fsp3) is 0.167. The van der Waals surface area contributed by atoms with E-state index >= 15 is 0 Å². The summed E-state index contributed by atoms with van der Waals surface area (Å²) >= 11 is 0. The van der Waals surface area contributed by atoms with E-state index in [0.29, 0.717) is 17.2 Å². The predicted octanol–water partition coefficient (Wildman–Crippen LogP) is 3.87. The third-order valence-corrected chi connectivity index (χ3v) is 4.01. The van der Waals surface area contributed by atoms with Crippen molar-refractivity contribution < 1.29 is 20.1 Å². The highest BCUT2D eigenvalue weighted by atomic mass is 16.3. The van der Waals surface area contributed by atoms with Crippen LogP contribution in [0.15, 0.2) is 30.3 Å². The normalized spacial score (nSPS) is 11.2. The number of carbonyl (C=O) groups is 1. The van der Waals surface area contributed by atoms with Gasteiger partial charge in [-0.3, -0.25) is 4.79 Å². The molecule has 3 aromatic carbocycles. The van der Waals surface area contributed by atoms with Gasteiger partial charge in [0.15, 0.2) is 5.78 Å². The molecule has 0 atom stereocenters. The SMILES string of the molecule is CCc1cc2cc3cccc(O)c3c(O)c2c(O)c1C(C)=O. The van der Waals surface area contributed by atoms with E-state index < -0.39 is 0 Å². The lowest BCUT2D eigenvalue weighted by atomic mass is 9.93. The van der Waals surface area contributed by atoms with Crippen molar-refractivity contribution in [2.75, 3.05) is 0 Å². The number of phenolic OH excluding ortho intramolecular Hbond substituents is 3. The Kier molecular flexibility index (Phi) is 3.17. The Labute approximate surface area is 127 Å². The molecule has 3 N–H and O–H groups in total. The molecule has 0 heterocycles. The second kappa shape index (κ2) is 4.91. The van der Waals surface area contributed by atoms with E-state index in [2.05, 4.69) is 0 Å². The Morgan fingerprint density at radius 2 is 1.73 bits per heavy atom. The Morgan fingerprint density at radius 3 is 2.36 bits per heavy atom. The van der Waals surface area contributed by atoms with Crippen LogP contribution in [0, 0.1) is 0 Å². The van der Waals surface area contributed by atoms with Crippen molar-refractivity contribution >= 4 is 27.3 Å². The standard InChI is InChI=1S/C18H16O4/c1-3-10-7-12-8-11-5-4-6-13(20)15(11)18(22)16(12)17(21)14(10)9(2)19/h4-8,20-22H,3H2,1-2H3. The number of ketones is 1. The van der Waals surface area contributed by atoms with Gasteiger partial charge in [-0.05, 0) is 41.8 Å². The van der Waals surface area contributed by atoms with E-state index in [1.54, 1.807) is 24.3 Å². The molecule has 0 amide bonds. The van der Waals surface area contributed by atoms with Crippen LogP contribution < -0.4 is 0 Å². The van der Waals surface area contributed by atoms with Gasteiger partial charge in [-0.1, -0.05) is 25.1 Å². The number of fused-ring (bicyclic) bond motifs is 2. The third-order valence-electron chi connectivity index (χ3n) is 4.01. The molecule has 0 bridgehead atoms. The molecule has 0 aromatic heterocycles. The second-order valence-electron chi connectivity index (χ2n) is 5.37. The molecule has 4 heteroatoms. The molecule has 4 nitrogen and oxygen atoms in total. The van der Waals surface area contributed by atoms with Gasteiger partial charge < -0.3 is 15.3 Å². The van der Waals surface area contributed by atoms with Crippen LogP contribution in [-0.2, 0) is 6.42 Å². The summed E-state index contributed by atoms with van der Waals surface area (Å²) in [5.41, 5.74) is 0.955. The lowest BCUT2D eigenvalue weighted by molar-refractivity contribution is 0.101. The molecule has 3 rings (SSSR count). The molecule has 112 valence electrons. The fourth-order valence-corrected chi connectivity index (χ4v) is 3.01. The molecule has 0 aliphatic carbocycles. The van der Waals surface area contributed by atoms with E-state index in [4.69, 9.17) is 0 Å². The third kappa shape index (κ3) is 1.88. The average Bonchev–Trinajstić information content (AvgIpc) is 2.45. The molecule has 0 spiro atoms. The topological polar surface area (TPSA) is 77.8 Å². The van der Waals surface area contributed by atoms with Crippen LogP contribution in [0.25, 0.3) is 21.5 Å². The molecule has 3 aromatic rings. The maximum Gasteiger partial charge on any atom is 0.163 e. The minimum absolute atomic E-state index is 0.0692. The van der Waals surface area contributed by atoms with Crippen LogP contribution in [0.4, 0.5) is 0 Å². The first-order chi connectivity index (χ1) is 10.5. The summed E-state index contributed by atoms with van der Waals surface area (Å²) in [5.74, 6) is -0.772. The summed E-state index contributed by atoms with van der Waals surface area (Å²) in [6.07, 6.45) is 0.594. The number of benzene rings is 3. The number of hydrogen-bond acceptors (Lipinski definition) is 4. The molecule has 0 aliphatic heterocycles. The summed E-state index contributed by atoms with van der Waals surface area (Å²) < 4.78 is 0. The van der Waals surface area contributed by atoms with Crippen LogP contribution in [0.5, 0.6) is 17.2 Å². The molecule has 0 aliphatic rings. The zero-order valence-corrected chi connectivity index (χ0v) is 12.3. The lowest BCUT2D eigenvalue weighted by Crippen LogP contribution is -2.00. The van der Waals surface area contributed by atoms with Gasteiger partial charge in [0.2, 0.25) is 0 Å². The molecular formula is C18H16O4. The van der Waals surface area contributed by atoms with Gasteiger partial charge in [0.25, 0.3) is 0 Å². The van der Waals surface area contributed by atoms with Gasteiger partial charge in [-0.15, -0.1) is 0 Å². The zero-order valence-electron chi connectivity index (χ0n) is 12.3. The number of aromatic hydroxyl groups is 3. The molecule has 0 saturated heterocycles. The lowest BCUT2D eigenvalue weighted by Gasteiger charge is -2.14. The van der Waals surface area contributed by atoms with Crippen molar-refractivity contribution in [2.45, 2.75) is 20.3 Å². The first-order valence-corrected chi connectivity index (χ1v) is 7.08. The highest BCUT2D eigenvalue weighted by molar-refractivity contribution is 6.13. The van der Waals surface area contributed by atoms with Gasteiger partial charge in [-0.25, -0.2) is 0 Å². The predicted molar refractivity (Wildman–Crippen MR) is 85.8 cm³/mol. The van der Waals surface area contributed by atoms with Gasteiger partial charge >= 0.3 is 0 Å². The van der Waals surface area contributed by atoms with Crippen molar-refractivity contribution in [1.82, 2.24) is 0 Å². The summed E-state index contributed by atoms with van der Waals surface area (Å²) in [4.78, 5) is 11.8. The monoisotopic (exact) mass is 296 g/mol. The molecule has 0 saturated carbocycles. The number of phenols is 3. The van der Waals surface area contributed by atoms with Gasteiger partial charge in [-0.2, -0.15) is 0 Å². The minimum atomic E-state index is -0.256. The largest absolute Gasteiger partial charge is 0.507 e. The molecule has 0 radical (unpaired) electrons. The van der Waals surface area contributed by atoms with E-state index in [9.17, 15) is 20.1 Å². The van der Waals surface area contributed by atoms with Crippen molar-refractivity contribution in [3.63, 3.8) is 0 Å². The van der Waals surface area contributed by atoms with Gasteiger partial charge in [0, 0.05) is 0 Å². The van der Waals surface area contributed by atoms with Crippen LogP contribution in [0.1, 0.15) is 29.8 Å². The van der Waals surface area contributed by atoms with E-state index in [-0.39, 0.29) is 39.4 Å². The van der Waals surface area contributed by atoms with Crippen molar-refractivity contribution in [3.8, 4) is 17.2 Å². The highest BCUT2D eigenvalue weighted by Crippen LogP contribution is 2.44. The molecule has 22 heavy (non-hydrogen) atoms. The zero-order chi connectivity index (χ0) is 16.0. The molecule has 0 fully saturated rings. The maximum atomic E-state index is 11.8. The van der Waals surface area contributed by atoms with Gasteiger partial charge in [0.05, 0.1) is 16.3 Å². The molecular weight excluding hydrogens is 280 g/mol. The van der Waals surface area contributed by atoms with E-state index in [1.165, 1.54) is 13.0 Å².